The minimum absolute atomic E-state index is 0.269. The third-order valence-corrected chi connectivity index (χ3v) is 2.84. The van der Waals surface area contributed by atoms with Gasteiger partial charge in [0.25, 0.3) is 0 Å². The summed E-state index contributed by atoms with van der Waals surface area (Å²) in [4.78, 5) is 0. The average molecular weight is 261 g/mol. The molecule has 19 heavy (non-hydrogen) atoms. The Bertz CT molecular complexity index is 558. The summed E-state index contributed by atoms with van der Waals surface area (Å²) in [5, 5.41) is 3.05. The Labute approximate surface area is 112 Å². The SMILES string of the molecule is COc1ccc(CNc2ccccc2F)c(OC)c1. The molecule has 1 N–H and O–H groups in total. The van der Waals surface area contributed by atoms with Gasteiger partial charge in [0.05, 0.1) is 19.9 Å². The molecule has 100 valence electrons. The van der Waals surface area contributed by atoms with Gasteiger partial charge in [-0.15, -0.1) is 0 Å². The van der Waals surface area contributed by atoms with E-state index in [2.05, 4.69) is 5.32 Å². The quantitative estimate of drug-likeness (QED) is 0.894. The Balaban J connectivity index is 2.13. The normalized spacial score (nSPS) is 10.1. The highest BCUT2D eigenvalue weighted by Crippen LogP contribution is 2.25. The molecule has 0 aliphatic carbocycles. The molecule has 0 fully saturated rings. The lowest BCUT2D eigenvalue weighted by atomic mass is 10.2. The van der Waals surface area contributed by atoms with Gasteiger partial charge in [0.15, 0.2) is 0 Å². The molecule has 0 atom stereocenters. The molecule has 0 saturated carbocycles. The topological polar surface area (TPSA) is 30.5 Å². The second kappa shape index (κ2) is 6.09. The highest BCUT2D eigenvalue weighted by atomic mass is 19.1. The predicted octanol–water partition coefficient (Wildman–Crippen LogP) is 3.46. The number of halogens is 1. The summed E-state index contributed by atoms with van der Waals surface area (Å²) in [5.74, 6) is 1.17. The molecular formula is C15H16FNO2. The molecule has 0 unspecified atom stereocenters. The van der Waals surface area contributed by atoms with Gasteiger partial charge in [0.2, 0.25) is 0 Å². The first-order valence-corrected chi connectivity index (χ1v) is 5.94. The van der Waals surface area contributed by atoms with Crippen LogP contribution in [0, 0.1) is 5.82 Å². The van der Waals surface area contributed by atoms with Gasteiger partial charge < -0.3 is 14.8 Å². The molecular weight excluding hydrogens is 245 g/mol. The zero-order chi connectivity index (χ0) is 13.7. The Hall–Kier alpha value is -2.23. The lowest BCUT2D eigenvalue weighted by Gasteiger charge is -2.12. The van der Waals surface area contributed by atoms with Crippen LogP contribution in [0.5, 0.6) is 11.5 Å². The summed E-state index contributed by atoms with van der Waals surface area (Å²) in [7, 11) is 3.20. The van der Waals surface area contributed by atoms with Crippen molar-refractivity contribution in [3.63, 3.8) is 0 Å². The van der Waals surface area contributed by atoms with E-state index in [9.17, 15) is 4.39 Å². The Kier molecular flexibility index (Phi) is 4.23. The van der Waals surface area contributed by atoms with Crippen LogP contribution in [0.3, 0.4) is 0 Å². The number of methoxy groups -OCH3 is 2. The number of hydrogen-bond acceptors (Lipinski definition) is 3. The first-order valence-electron chi connectivity index (χ1n) is 5.94. The molecule has 0 saturated heterocycles. The van der Waals surface area contributed by atoms with Crippen molar-refractivity contribution in [1.82, 2.24) is 0 Å². The number of para-hydroxylation sites is 1. The third-order valence-electron chi connectivity index (χ3n) is 2.84. The van der Waals surface area contributed by atoms with Crippen LogP contribution >= 0.6 is 0 Å². The Morgan fingerprint density at radius 3 is 2.53 bits per heavy atom. The minimum Gasteiger partial charge on any atom is -0.497 e. The minimum atomic E-state index is -0.269. The molecule has 2 rings (SSSR count). The Morgan fingerprint density at radius 2 is 1.84 bits per heavy atom. The molecule has 4 heteroatoms. The maximum atomic E-state index is 13.5. The summed E-state index contributed by atoms with van der Waals surface area (Å²) in [6.07, 6.45) is 0. The van der Waals surface area contributed by atoms with E-state index in [-0.39, 0.29) is 5.82 Å². The van der Waals surface area contributed by atoms with Crippen LogP contribution in [-0.4, -0.2) is 14.2 Å². The van der Waals surface area contributed by atoms with Gasteiger partial charge in [0.1, 0.15) is 17.3 Å². The summed E-state index contributed by atoms with van der Waals surface area (Å²) in [6.45, 7) is 0.480. The fraction of sp³-hybridized carbons (Fsp3) is 0.200. The maximum Gasteiger partial charge on any atom is 0.146 e. The smallest absolute Gasteiger partial charge is 0.146 e. The summed E-state index contributed by atoms with van der Waals surface area (Å²) in [6, 6.07) is 12.1. The second-order valence-corrected chi connectivity index (χ2v) is 4.01. The molecule has 0 spiro atoms. The van der Waals surface area contributed by atoms with Crippen molar-refractivity contribution < 1.29 is 13.9 Å². The number of benzene rings is 2. The van der Waals surface area contributed by atoms with Crippen LogP contribution in [0.25, 0.3) is 0 Å². The standard InChI is InChI=1S/C15H16FNO2/c1-18-12-8-7-11(15(9-12)19-2)10-17-14-6-4-3-5-13(14)16/h3-9,17H,10H2,1-2H3. The summed E-state index contributed by atoms with van der Waals surface area (Å²) in [5.41, 5.74) is 1.41. The number of rotatable bonds is 5. The molecule has 2 aromatic carbocycles. The van der Waals surface area contributed by atoms with Crippen molar-refractivity contribution in [1.29, 1.82) is 0 Å². The van der Waals surface area contributed by atoms with Crippen LogP contribution in [-0.2, 0) is 6.54 Å². The van der Waals surface area contributed by atoms with Crippen LogP contribution in [0.4, 0.5) is 10.1 Å². The van der Waals surface area contributed by atoms with E-state index in [0.717, 1.165) is 11.3 Å². The van der Waals surface area contributed by atoms with Gasteiger partial charge in [-0.25, -0.2) is 4.39 Å². The van der Waals surface area contributed by atoms with Gasteiger partial charge in [0, 0.05) is 18.2 Å². The number of ether oxygens (including phenoxy) is 2. The highest BCUT2D eigenvalue weighted by molar-refractivity contribution is 5.47. The van der Waals surface area contributed by atoms with Gasteiger partial charge in [-0.3, -0.25) is 0 Å². The fourth-order valence-corrected chi connectivity index (χ4v) is 1.79. The van der Waals surface area contributed by atoms with Gasteiger partial charge in [-0.05, 0) is 24.3 Å². The van der Waals surface area contributed by atoms with E-state index in [1.54, 1.807) is 38.5 Å². The number of nitrogens with one attached hydrogen (secondary N) is 1. The number of hydrogen-bond donors (Lipinski definition) is 1. The summed E-state index contributed by atoms with van der Waals surface area (Å²) < 4.78 is 23.9. The second-order valence-electron chi connectivity index (χ2n) is 4.01. The largest absolute Gasteiger partial charge is 0.497 e. The first kappa shape index (κ1) is 13.2. The predicted molar refractivity (Wildman–Crippen MR) is 73.3 cm³/mol. The van der Waals surface area contributed by atoms with E-state index in [1.807, 2.05) is 12.1 Å². The maximum absolute atomic E-state index is 13.5. The molecule has 0 aromatic heterocycles. The monoisotopic (exact) mass is 261 g/mol. The van der Waals surface area contributed by atoms with Crippen LogP contribution < -0.4 is 14.8 Å². The lowest BCUT2D eigenvalue weighted by Crippen LogP contribution is -2.03. The van der Waals surface area contributed by atoms with Gasteiger partial charge in [-0.1, -0.05) is 12.1 Å². The fourth-order valence-electron chi connectivity index (χ4n) is 1.79. The van der Waals surface area contributed by atoms with Crippen LogP contribution in [0.1, 0.15) is 5.56 Å². The van der Waals surface area contributed by atoms with E-state index >= 15 is 0 Å². The van der Waals surface area contributed by atoms with E-state index in [1.165, 1.54) is 6.07 Å². The molecule has 0 amide bonds. The molecule has 0 aliphatic heterocycles. The Morgan fingerprint density at radius 1 is 1.05 bits per heavy atom. The van der Waals surface area contributed by atoms with E-state index in [0.29, 0.717) is 18.0 Å². The third kappa shape index (κ3) is 3.16. The zero-order valence-corrected chi connectivity index (χ0v) is 10.9. The summed E-state index contributed by atoms with van der Waals surface area (Å²) >= 11 is 0. The number of anilines is 1. The lowest BCUT2D eigenvalue weighted by molar-refractivity contribution is 0.391. The van der Waals surface area contributed by atoms with Crippen molar-refractivity contribution in [2.45, 2.75) is 6.54 Å². The highest BCUT2D eigenvalue weighted by Gasteiger charge is 2.06. The van der Waals surface area contributed by atoms with E-state index < -0.39 is 0 Å². The molecule has 0 heterocycles. The molecule has 0 radical (unpaired) electrons. The van der Waals surface area contributed by atoms with Crippen LogP contribution in [0.2, 0.25) is 0 Å². The molecule has 0 bridgehead atoms. The van der Waals surface area contributed by atoms with Gasteiger partial charge in [-0.2, -0.15) is 0 Å². The van der Waals surface area contributed by atoms with Crippen molar-refractivity contribution >= 4 is 5.69 Å². The van der Waals surface area contributed by atoms with Gasteiger partial charge >= 0.3 is 0 Å². The molecule has 0 aliphatic rings. The van der Waals surface area contributed by atoms with Crippen molar-refractivity contribution in [3.8, 4) is 11.5 Å². The zero-order valence-electron chi connectivity index (χ0n) is 10.9. The van der Waals surface area contributed by atoms with Crippen molar-refractivity contribution in [3.05, 3.63) is 53.8 Å². The first-order chi connectivity index (χ1) is 9.24. The molecule has 2 aromatic rings. The average Bonchev–Trinajstić information content (AvgIpc) is 2.46. The van der Waals surface area contributed by atoms with Crippen molar-refractivity contribution in [2.75, 3.05) is 19.5 Å². The molecule has 3 nitrogen and oxygen atoms in total. The van der Waals surface area contributed by atoms with E-state index in [4.69, 9.17) is 9.47 Å². The van der Waals surface area contributed by atoms with Crippen molar-refractivity contribution in [2.24, 2.45) is 0 Å². The van der Waals surface area contributed by atoms with Crippen LogP contribution in [0.15, 0.2) is 42.5 Å².